The predicted molar refractivity (Wildman–Crippen MR) is 129 cm³/mol. The predicted octanol–water partition coefficient (Wildman–Crippen LogP) is 5.81. The first-order chi connectivity index (χ1) is 15.5. The van der Waals surface area contributed by atoms with E-state index in [4.69, 9.17) is 21.7 Å². The second kappa shape index (κ2) is 9.97. The molecule has 4 rings (SSSR count). The summed E-state index contributed by atoms with van der Waals surface area (Å²) in [6, 6.07) is 21.3. The minimum absolute atomic E-state index is 0.142. The van der Waals surface area contributed by atoms with Gasteiger partial charge >= 0.3 is 0 Å². The molecule has 1 aliphatic rings. The number of hydrogen-bond acceptors (Lipinski definition) is 5. The van der Waals surface area contributed by atoms with Gasteiger partial charge in [-0.15, -0.1) is 0 Å². The maximum absolute atomic E-state index is 13.2. The van der Waals surface area contributed by atoms with Crippen LogP contribution in [-0.2, 0) is 17.9 Å². The topological polar surface area (TPSA) is 38.8 Å². The number of benzene rings is 3. The van der Waals surface area contributed by atoms with Crippen molar-refractivity contribution in [3.05, 3.63) is 100 Å². The molecule has 3 aromatic carbocycles. The summed E-state index contributed by atoms with van der Waals surface area (Å²) < 4.78 is 25.0. The Labute approximate surface area is 195 Å². The SMILES string of the molecule is COc1ccc(OCc2ccc(F)cc2)c(/C=C2\SC(=S)N(Cc3ccccc3)C2=O)c1. The summed E-state index contributed by atoms with van der Waals surface area (Å²) in [6.45, 7) is 0.692. The minimum atomic E-state index is -0.295. The lowest BCUT2D eigenvalue weighted by Gasteiger charge is -2.14. The van der Waals surface area contributed by atoms with Crippen molar-refractivity contribution in [2.24, 2.45) is 0 Å². The van der Waals surface area contributed by atoms with Crippen molar-refractivity contribution in [2.75, 3.05) is 7.11 Å². The van der Waals surface area contributed by atoms with Gasteiger partial charge in [-0.05, 0) is 47.5 Å². The van der Waals surface area contributed by atoms with Crippen molar-refractivity contribution in [3.63, 3.8) is 0 Å². The average molecular weight is 466 g/mol. The first-order valence-electron chi connectivity index (χ1n) is 9.88. The quantitative estimate of drug-likeness (QED) is 0.325. The number of thioether (sulfide) groups is 1. The van der Waals surface area contributed by atoms with Gasteiger partial charge in [0, 0.05) is 5.56 Å². The Morgan fingerprint density at radius 3 is 2.50 bits per heavy atom. The van der Waals surface area contributed by atoms with Crippen molar-refractivity contribution < 1.29 is 18.7 Å². The number of carbonyl (C=O) groups excluding carboxylic acids is 1. The van der Waals surface area contributed by atoms with Gasteiger partial charge < -0.3 is 9.47 Å². The lowest BCUT2D eigenvalue weighted by molar-refractivity contribution is -0.122. The molecule has 1 saturated heterocycles. The summed E-state index contributed by atoms with van der Waals surface area (Å²) in [4.78, 5) is 15.2. The Hall–Kier alpha value is -3.16. The van der Waals surface area contributed by atoms with Gasteiger partial charge in [0.15, 0.2) is 0 Å². The van der Waals surface area contributed by atoms with E-state index in [-0.39, 0.29) is 18.3 Å². The van der Waals surface area contributed by atoms with E-state index < -0.39 is 0 Å². The fourth-order valence-corrected chi connectivity index (χ4v) is 4.43. The summed E-state index contributed by atoms with van der Waals surface area (Å²) in [5.74, 6) is 0.793. The van der Waals surface area contributed by atoms with E-state index in [1.807, 2.05) is 36.4 Å². The van der Waals surface area contributed by atoms with Crippen LogP contribution in [0, 0.1) is 5.82 Å². The number of amides is 1. The maximum Gasteiger partial charge on any atom is 0.266 e. The number of thiocarbonyl (C=S) groups is 1. The molecule has 0 spiro atoms. The van der Waals surface area contributed by atoms with Gasteiger partial charge in [0.25, 0.3) is 5.91 Å². The number of hydrogen-bond donors (Lipinski definition) is 0. The van der Waals surface area contributed by atoms with Gasteiger partial charge in [0.05, 0.1) is 18.6 Å². The van der Waals surface area contributed by atoms with Gasteiger partial charge in [-0.2, -0.15) is 0 Å². The molecule has 3 aromatic rings. The fourth-order valence-electron chi connectivity index (χ4n) is 3.18. The molecule has 7 heteroatoms. The molecule has 1 heterocycles. The lowest BCUT2D eigenvalue weighted by atomic mass is 10.1. The molecule has 1 fully saturated rings. The summed E-state index contributed by atoms with van der Waals surface area (Å²) in [5.41, 5.74) is 2.55. The molecule has 0 radical (unpaired) electrons. The third kappa shape index (κ3) is 5.18. The van der Waals surface area contributed by atoms with Gasteiger partial charge in [-0.25, -0.2) is 4.39 Å². The molecule has 0 N–H and O–H groups in total. The Morgan fingerprint density at radius 1 is 1.03 bits per heavy atom. The molecule has 1 amide bonds. The van der Waals surface area contributed by atoms with Crippen LogP contribution in [0.5, 0.6) is 11.5 Å². The molecular weight excluding hydrogens is 445 g/mol. The second-order valence-corrected chi connectivity index (χ2v) is 8.75. The summed E-state index contributed by atoms with van der Waals surface area (Å²) >= 11 is 6.72. The van der Waals surface area contributed by atoms with E-state index in [9.17, 15) is 9.18 Å². The van der Waals surface area contributed by atoms with E-state index in [0.29, 0.717) is 32.8 Å². The zero-order valence-electron chi connectivity index (χ0n) is 17.3. The summed E-state index contributed by atoms with van der Waals surface area (Å²) in [6.07, 6.45) is 1.77. The van der Waals surface area contributed by atoms with Crippen LogP contribution in [0.3, 0.4) is 0 Å². The smallest absolute Gasteiger partial charge is 0.266 e. The second-order valence-electron chi connectivity index (χ2n) is 7.07. The molecule has 162 valence electrons. The molecule has 0 saturated carbocycles. The number of halogens is 1. The maximum atomic E-state index is 13.2. The normalized spacial score (nSPS) is 14.8. The minimum Gasteiger partial charge on any atom is -0.497 e. The van der Waals surface area contributed by atoms with Gasteiger partial charge in [0.1, 0.15) is 28.2 Å². The van der Waals surface area contributed by atoms with Crippen molar-refractivity contribution in [1.29, 1.82) is 0 Å². The first kappa shape index (κ1) is 22.0. The van der Waals surface area contributed by atoms with Gasteiger partial charge in [-0.3, -0.25) is 9.69 Å². The highest BCUT2D eigenvalue weighted by Gasteiger charge is 2.32. The Balaban J connectivity index is 1.57. The zero-order chi connectivity index (χ0) is 22.5. The molecule has 0 atom stereocenters. The van der Waals surface area contributed by atoms with E-state index in [0.717, 1.165) is 11.1 Å². The Bertz CT molecular complexity index is 1160. The molecule has 1 aliphatic heterocycles. The molecule has 0 unspecified atom stereocenters. The molecule has 0 aliphatic carbocycles. The fraction of sp³-hybridized carbons (Fsp3) is 0.120. The number of carbonyl (C=O) groups is 1. The highest BCUT2D eigenvalue weighted by Crippen LogP contribution is 2.36. The number of nitrogens with zero attached hydrogens (tertiary/aromatic N) is 1. The van der Waals surface area contributed by atoms with Crippen LogP contribution in [0.4, 0.5) is 4.39 Å². The standard InChI is InChI=1S/C25H20FNO3S2/c1-29-21-11-12-22(30-16-18-7-9-20(26)10-8-18)19(13-21)14-23-24(28)27(25(31)32-23)15-17-5-3-2-4-6-17/h2-14H,15-16H2,1H3/b23-14-. The number of methoxy groups -OCH3 is 1. The van der Waals surface area contributed by atoms with Gasteiger partial charge in [-0.1, -0.05) is 66.4 Å². The average Bonchev–Trinajstić information content (AvgIpc) is 3.07. The van der Waals surface area contributed by atoms with E-state index in [1.54, 1.807) is 42.4 Å². The van der Waals surface area contributed by atoms with Gasteiger partial charge in [0.2, 0.25) is 0 Å². The van der Waals surface area contributed by atoms with Crippen LogP contribution in [0.25, 0.3) is 6.08 Å². The zero-order valence-corrected chi connectivity index (χ0v) is 18.9. The van der Waals surface area contributed by atoms with Crippen LogP contribution >= 0.6 is 24.0 Å². The Kier molecular flexibility index (Phi) is 6.87. The monoisotopic (exact) mass is 465 g/mol. The third-order valence-electron chi connectivity index (χ3n) is 4.87. The largest absolute Gasteiger partial charge is 0.497 e. The molecule has 4 nitrogen and oxygen atoms in total. The highest BCUT2D eigenvalue weighted by atomic mass is 32.2. The van der Waals surface area contributed by atoms with Crippen LogP contribution < -0.4 is 9.47 Å². The molecular formula is C25H20FNO3S2. The first-order valence-corrected chi connectivity index (χ1v) is 11.1. The lowest BCUT2D eigenvalue weighted by Crippen LogP contribution is -2.27. The third-order valence-corrected chi connectivity index (χ3v) is 6.25. The Morgan fingerprint density at radius 2 is 1.78 bits per heavy atom. The van der Waals surface area contributed by atoms with E-state index in [1.165, 1.54) is 23.9 Å². The van der Waals surface area contributed by atoms with Crippen molar-refractivity contribution >= 4 is 40.3 Å². The van der Waals surface area contributed by atoms with Crippen LogP contribution in [0.15, 0.2) is 77.7 Å². The van der Waals surface area contributed by atoms with E-state index >= 15 is 0 Å². The van der Waals surface area contributed by atoms with Crippen LogP contribution in [-0.4, -0.2) is 22.2 Å². The van der Waals surface area contributed by atoms with E-state index in [2.05, 4.69) is 0 Å². The number of rotatable bonds is 7. The summed E-state index contributed by atoms with van der Waals surface area (Å²) in [7, 11) is 1.58. The van der Waals surface area contributed by atoms with Crippen LogP contribution in [0.1, 0.15) is 16.7 Å². The molecule has 0 aromatic heterocycles. The highest BCUT2D eigenvalue weighted by molar-refractivity contribution is 8.26. The molecule has 0 bridgehead atoms. The van der Waals surface area contributed by atoms with Crippen molar-refractivity contribution in [1.82, 2.24) is 4.90 Å². The number of ether oxygens (including phenoxy) is 2. The van der Waals surface area contributed by atoms with Crippen molar-refractivity contribution in [3.8, 4) is 11.5 Å². The summed E-state index contributed by atoms with van der Waals surface area (Å²) in [5, 5.41) is 0. The van der Waals surface area contributed by atoms with Crippen LogP contribution in [0.2, 0.25) is 0 Å². The molecule has 32 heavy (non-hydrogen) atoms. The van der Waals surface area contributed by atoms with Crippen molar-refractivity contribution in [2.45, 2.75) is 13.2 Å².